The fourth-order valence-electron chi connectivity index (χ4n) is 1.96. The van der Waals surface area contributed by atoms with E-state index < -0.39 is 0 Å². The quantitative estimate of drug-likeness (QED) is 0.694. The van der Waals surface area contributed by atoms with Crippen LogP contribution in [0.5, 0.6) is 0 Å². The van der Waals surface area contributed by atoms with Crippen LogP contribution >= 0.6 is 0 Å². The van der Waals surface area contributed by atoms with Crippen LogP contribution in [0.3, 0.4) is 0 Å². The van der Waals surface area contributed by atoms with Gasteiger partial charge in [0.15, 0.2) is 0 Å². The Morgan fingerprint density at radius 1 is 1.44 bits per heavy atom. The molecule has 92 valence electrons. The van der Waals surface area contributed by atoms with E-state index in [0.717, 1.165) is 25.9 Å². The third kappa shape index (κ3) is 3.20. The van der Waals surface area contributed by atoms with Crippen molar-refractivity contribution in [2.45, 2.75) is 32.7 Å². The molecule has 2 N–H and O–H groups in total. The van der Waals surface area contributed by atoms with E-state index in [9.17, 15) is 9.59 Å². The first kappa shape index (κ1) is 13.0. The normalized spacial score (nSPS) is 20.4. The molecule has 1 rings (SSSR count). The lowest BCUT2D eigenvalue weighted by Crippen LogP contribution is -2.47. The second-order valence-corrected chi connectivity index (χ2v) is 4.14. The number of ether oxygens (including phenoxy) is 1. The van der Waals surface area contributed by atoms with Crippen LogP contribution < -0.4 is 5.73 Å². The van der Waals surface area contributed by atoms with Crippen molar-refractivity contribution in [2.24, 2.45) is 11.7 Å². The summed E-state index contributed by atoms with van der Waals surface area (Å²) in [6, 6.07) is -0.247. The van der Waals surface area contributed by atoms with E-state index in [-0.39, 0.29) is 23.8 Å². The molecule has 1 amide bonds. The summed E-state index contributed by atoms with van der Waals surface area (Å²) in [4.78, 5) is 24.5. The van der Waals surface area contributed by atoms with Crippen LogP contribution in [0.1, 0.15) is 26.7 Å². The Bertz CT molecular complexity index is 260. The number of primary amides is 1. The van der Waals surface area contributed by atoms with Crippen molar-refractivity contribution in [1.29, 1.82) is 0 Å². The molecular formula is C11H20N2O3. The molecule has 0 radical (unpaired) electrons. The molecule has 0 unspecified atom stereocenters. The smallest absolute Gasteiger partial charge is 0.309 e. The van der Waals surface area contributed by atoms with E-state index in [2.05, 4.69) is 0 Å². The number of likely N-dealkylation sites (tertiary alicyclic amines) is 1. The van der Waals surface area contributed by atoms with Crippen LogP contribution in [0.4, 0.5) is 0 Å². The Balaban J connectivity index is 2.39. The first-order valence-electron chi connectivity index (χ1n) is 5.76. The molecule has 1 saturated heterocycles. The number of nitrogens with zero attached hydrogens (tertiary/aromatic N) is 1. The van der Waals surface area contributed by atoms with Gasteiger partial charge in [-0.25, -0.2) is 0 Å². The average Bonchev–Trinajstić information content (AvgIpc) is 2.28. The van der Waals surface area contributed by atoms with E-state index in [4.69, 9.17) is 10.5 Å². The summed E-state index contributed by atoms with van der Waals surface area (Å²) in [5, 5.41) is 0. The Hall–Kier alpha value is -1.10. The van der Waals surface area contributed by atoms with E-state index in [1.54, 1.807) is 6.92 Å². The fraction of sp³-hybridized carbons (Fsp3) is 0.818. The topological polar surface area (TPSA) is 72.6 Å². The van der Waals surface area contributed by atoms with Gasteiger partial charge in [0.25, 0.3) is 0 Å². The Morgan fingerprint density at radius 3 is 2.44 bits per heavy atom. The van der Waals surface area contributed by atoms with Crippen LogP contribution in [0.2, 0.25) is 0 Å². The van der Waals surface area contributed by atoms with Crippen molar-refractivity contribution in [1.82, 2.24) is 4.90 Å². The second-order valence-electron chi connectivity index (χ2n) is 4.14. The molecule has 0 spiro atoms. The second kappa shape index (κ2) is 5.84. The fourth-order valence-corrected chi connectivity index (χ4v) is 1.96. The third-order valence-electron chi connectivity index (χ3n) is 3.11. The zero-order valence-electron chi connectivity index (χ0n) is 9.94. The van der Waals surface area contributed by atoms with Crippen LogP contribution in [0, 0.1) is 5.92 Å². The molecule has 0 aliphatic carbocycles. The van der Waals surface area contributed by atoms with Crippen LogP contribution in [0.25, 0.3) is 0 Å². The lowest BCUT2D eigenvalue weighted by atomic mass is 9.96. The van der Waals surface area contributed by atoms with Crippen LogP contribution in [0.15, 0.2) is 0 Å². The predicted octanol–water partition coefficient (Wildman–Crippen LogP) is 0.135. The molecular weight excluding hydrogens is 208 g/mol. The number of piperidine rings is 1. The zero-order valence-corrected chi connectivity index (χ0v) is 9.94. The highest BCUT2D eigenvalue weighted by molar-refractivity contribution is 5.79. The molecule has 16 heavy (non-hydrogen) atoms. The maximum absolute atomic E-state index is 11.5. The largest absolute Gasteiger partial charge is 0.466 e. The monoisotopic (exact) mass is 228 g/mol. The molecule has 1 aliphatic rings. The van der Waals surface area contributed by atoms with Gasteiger partial charge in [-0.2, -0.15) is 0 Å². The van der Waals surface area contributed by atoms with Gasteiger partial charge in [0.2, 0.25) is 5.91 Å². The predicted molar refractivity (Wildman–Crippen MR) is 59.6 cm³/mol. The first-order chi connectivity index (χ1) is 7.56. The summed E-state index contributed by atoms with van der Waals surface area (Å²) < 4.78 is 4.98. The van der Waals surface area contributed by atoms with Gasteiger partial charge in [0, 0.05) is 0 Å². The molecule has 0 aromatic heterocycles. The maximum atomic E-state index is 11.5. The number of carbonyl (C=O) groups is 2. The van der Waals surface area contributed by atoms with Crippen molar-refractivity contribution in [3.8, 4) is 0 Å². The number of nitrogens with two attached hydrogens (primary N) is 1. The standard InChI is InChI=1S/C11H20N2O3/c1-3-16-11(15)9-4-6-13(7-5-9)8(2)10(12)14/h8-9H,3-7H2,1-2H3,(H2,12,14)/t8-/m1/s1. The minimum atomic E-state index is -0.311. The van der Waals surface area contributed by atoms with E-state index in [0.29, 0.717) is 6.61 Å². The summed E-state index contributed by atoms with van der Waals surface area (Å²) in [5.74, 6) is -0.445. The average molecular weight is 228 g/mol. The Morgan fingerprint density at radius 2 is 2.00 bits per heavy atom. The van der Waals surface area contributed by atoms with Crippen molar-refractivity contribution >= 4 is 11.9 Å². The molecule has 1 heterocycles. The van der Waals surface area contributed by atoms with Gasteiger partial charge in [0.1, 0.15) is 0 Å². The highest BCUT2D eigenvalue weighted by Crippen LogP contribution is 2.20. The van der Waals surface area contributed by atoms with E-state index in [1.807, 2.05) is 11.8 Å². The van der Waals surface area contributed by atoms with Gasteiger partial charge in [-0.3, -0.25) is 14.5 Å². The van der Waals surface area contributed by atoms with Crippen molar-refractivity contribution < 1.29 is 14.3 Å². The van der Waals surface area contributed by atoms with Crippen LogP contribution in [-0.2, 0) is 14.3 Å². The number of esters is 1. The molecule has 0 aromatic rings. The van der Waals surface area contributed by atoms with Gasteiger partial charge >= 0.3 is 5.97 Å². The molecule has 1 fully saturated rings. The van der Waals surface area contributed by atoms with Gasteiger partial charge in [0.05, 0.1) is 18.6 Å². The molecule has 5 nitrogen and oxygen atoms in total. The Kier molecular flexibility index (Phi) is 4.73. The van der Waals surface area contributed by atoms with Gasteiger partial charge < -0.3 is 10.5 Å². The molecule has 0 saturated carbocycles. The SMILES string of the molecule is CCOC(=O)C1CCN([C@H](C)C(N)=O)CC1. The highest BCUT2D eigenvalue weighted by Gasteiger charge is 2.29. The summed E-state index contributed by atoms with van der Waals surface area (Å²) in [7, 11) is 0. The lowest BCUT2D eigenvalue weighted by molar-refractivity contribution is -0.149. The summed E-state index contributed by atoms with van der Waals surface area (Å²) in [5.41, 5.74) is 5.24. The number of rotatable bonds is 4. The minimum absolute atomic E-state index is 0.0173. The van der Waals surface area contributed by atoms with Gasteiger partial charge in [-0.15, -0.1) is 0 Å². The number of carbonyl (C=O) groups excluding carboxylic acids is 2. The Labute approximate surface area is 95.9 Å². The number of hydrogen-bond acceptors (Lipinski definition) is 4. The molecule has 1 atom stereocenters. The lowest BCUT2D eigenvalue weighted by Gasteiger charge is -2.33. The van der Waals surface area contributed by atoms with Crippen molar-refractivity contribution in [3.63, 3.8) is 0 Å². The van der Waals surface area contributed by atoms with E-state index >= 15 is 0 Å². The highest BCUT2D eigenvalue weighted by atomic mass is 16.5. The molecule has 5 heteroatoms. The third-order valence-corrected chi connectivity index (χ3v) is 3.11. The summed E-state index contributed by atoms with van der Waals surface area (Å²) >= 11 is 0. The molecule has 0 bridgehead atoms. The van der Waals surface area contributed by atoms with Crippen molar-refractivity contribution in [3.05, 3.63) is 0 Å². The summed E-state index contributed by atoms with van der Waals surface area (Å²) in [6.07, 6.45) is 1.49. The molecule has 0 aromatic carbocycles. The summed E-state index contributed by atoms with van der Waals surface area (Å²) in [6.45, 7) is 5.49. The zero-order chi connectivity index (χ0) is 12.1. The first-order valence-corrected chi connectivity index (χ1v) is 5.76. The van der Waals surface area contributed by atoms with Gasteiger partial charge in [-0.05, 0) is 39.8 Å². The van der Waals surface area contributed by atoms with Gasteiger partial charge in [-0.1, -0.05) is 0 Å². The minimum Gasteiger partial charge on any atom is -0.466 e. The molecule has 1 aliphatic heterocycles. The number of amides is 1. The van der Waals surface area contributed by atoms with Crippen LogP contribution in [-0.4, -0.2) is 42.5 Å². The number of hydrogen-bond donors (Lipinski definition) is 1. The maximum Gasteiger partial charge on any atom is 0.309 e. The van der Waals surface area contributed by atoms with Crippen molar-refractivity contribution in [2.75, 3.05) is 19.7 Å². The van der Waals surface area contributed by atoms with E-state index in [1.165, 1.54) is 0 Å².